The van der Waals surface area contributed by atoms with Gasteiger partial charge < -0.3 is 19.3 Å². The summed E-state index contributed by atoms with van der Waals surface area (Å²) in [6.07, 6.45) is 1.51. The van der Waals surface area contributed by atoms with E-state index in [1.165, 1.54) is 0 Å². The molecule has 0 aliphatic carbocycles. The van der Waals surface area contributed by atoms with Crippen molar-refractivity contribution in [2.24, 2.45) is 5.92 Å². The van der Waals surface area contributed by atoms with Crippen LogP contribution in [0.4, 0.5) is 9.59 Å². The molecule has 0 N–H and O–H groups in total. The normalized spacial score (nSPS) is 23.2. The molecule has 0 bridgehead atoms. The number of amides is 2. The van der Waals surface area contributed by atoms with E-state index in [9.17, 15) is 9.59 Å². The molecule has 1 aromatic carbocycles. The van der Waals surface area contributed by atoms with Crippen molar-refractivity contribution in [3.63, 3.8) is 0 Å². The molecule has 3 rings (SSSR count). The van der Waals surface area contributed by atoms with Crippen LogP contribution in [0.3, 0.4) is 0 Å². The van der Waals surface area contributed by atoms with Crippen LogP contribution in [0.1, 0.15) is 53.0 Å². The molecular weight excluding hydrogens is 406 g/mol. The largest absolute Gasteiger partial charge is 0.445 e. The number of carbonyl (C=O) groups excluding carboxylic acids is 2. The summed E-state index contributed by atoms with van der Waals surface area (Å²) in [5, 5.41) is 0. The maximum absolute atomic E-state index is 12.5. The minimum Gasteiger partial charge on any atom is -0.445 e. The van der Waals surface area contributed by atoms with Gasteiger partial charge in [0.25, 0.3) is 0 Å². The highest BCUT2D eigenvalue weighted by molar-refractivity contribution is 5.68. The predicted octanol–water partition coefficient (Wildman–Crippen LogP) is 4.36. The first-order valence-corrected chi connectivity index (χ1v) is 11.8. The van der Waals surface area contributed by atoms with Crippen LogP contribution in [0.25, 0.3) is 0 Å². The van der Waals surface area contributed by atoms with Gasteiger partial charge in [-0.25, -0.2) is 9.59 Å². The highest BCUT2D eigenvalue weighted by atomic mass is 16.6. The van der Waals surface area contributed by atoms with Crippen LogP contribution in [-0.4, -0.2) is 77.3 Å². The number of ether oxygens (including phenoxy) is 2. The fourth-order valence-electron chi connectivity index (χ4n) is 4.60. The second kappa shape index (κ2) is 10.6. The number of hydrogen-bond donors (Lipinski definition) is 0. The Bertz CT molecular complexity index is 744. The Morgan fingerprint density at radius 3 is 2.09 bits per heavy atom. The first-order valence-electron chi connectivity index (χ1n) is 11.8. The van der Waals surface area contributed by atoms with Gasteiger partial charge in [-0.05, 0) is 58.9 Å². The fraction of sp³-hybridized carbons (Fsp3) is 0.680. The summed E-state index contributed by atoms with van der Waals surface area (Å²) in [6.45, 7) is 14.2. The molecule has 0 radical (unpaired) electrons. The van der Waals surface area contributed by atoms with Crippen molar-refractivity contribution in [1.29, 1.82) is 0 Å². The molecular formula is C25H39N3O4. The zero-order chi connectivity index (χ0) is 23.3. The van der Waals surface area contributed by atoms with Crippen LogP contribution in [0.15, 0.2) is 30.3 Å². The van der Waals surface area contributed by atoms with E-state index in [1.54, 1.807) is 0 Å². The topological polar surface area (TPSA) is 62.3 Å². The van der Waals surface area contributed by atoms with Gasteiger partial charge in [-0.1, -0.05) is 30.3 Å². The second-order valence-electron chi connectivity index (χ2n) is 10.3. The molecule has 32 heavy (non-hydrogen) atoms. The van der Waals surface area contributed by atoms with Gasteiger partial charge in [0.1, 0.15) is 12.2 Å². The summed E-state index contributed by atoms with van der Waals surface area (Å²) in [5.74, 6) is 0.547. The minimum atomic E-state index is -0.475. The molecule has 2 saturated heterocycles. The molecule has 0 saturated carbocycles. The van der Waals surface area contributed by atoms with Crippen LogP contribution >= 0.6 is 0 Å². The average Bonchev–Trinajstić information content (AvgIpc) is 2.74. The molecule has 2 amide bonds. The molecule has 1 aromatic rings. The van der Waals surface area contributed by atoms with Crippen LogP contribution < -0.4 is 0 Å². The Balaban J connectivity index is 1.42. The number of nitrogens with zero attached hydrogens (tertiary/aromatic N) is 3. The number of likely N-dealkylation sites (tertiary alicyclic amines) is 1. The SMILES string of the molecule is C[C@@H]1CN(C(=O)OC(C)(C)C)C[C@H](C)N1CC1CCN(C(=O)OCc2ccccc2)CC1. The van der Waals surface area contributed by atoms with E-state index in [0.717, 1.165) is 38.0 Å². The molecule has 0 spiro atoms. The molecule has 2 atom stereocenters. The number of rotatable bonds is 4. The predicted molar refractivity (Wildman–Crippen MR) is 124 cm³/mol. The summed E-state index contributed by atoms with van der Waals surface area (Å²) in [6, 6.07) is 10.3. The molecule has 7 heteroatoms. The minimum absolute atomic E-state index is 0.222. The van der Waals surface area contributed by atoms with Crippen molar-refractivity contribution in [2.45, 2.75) is 71.8 Å². The van der Waals surface area contributed by atoms with Gasteiger partial charge >= 0.3 is 12.2 Å². The number of hydrogen-bond acceptors (Lipinski definition) is 5. The van der Waals surface area contributed by atoms with Gasteiger partial charge in [0, 0.05) is 44.8 Å². The van der Waals surface area contributed by atoms with Crippen molar-refractivity contribution < 1.29 is 19.1 Å². The maximum Gasteiger partial charge on any atom is 0.410 e. The molecule has 2 fully saturated rings. The third-order valence-electron chi connectivity index (χ3n) is 6.30. The van der Waals surface area contributed by atoms with Crippen molar-refractivity contribution >= 4 is 12.2 Å². The van der Waals surface area contributed by atoms with Crippen LogP contribution in [-0.2, 0) is 16.1 Å². The average molecular weight is 446 g/mol. The third kappa shape index (κ3) is 6.86. The summed E-state index contributed by atoms with van der Waals surface area (Å²) in [4.78, 5) is 31.1. The first-order chi connectivity index (χ1) is 15.1. The van der Waals surface area contributed by atoms with E-state index in [2.05, 4.69) is 18.7 Å². The van der Waals surface area contributed by atoms with Crippen molar-refractivity contribution in [1.82, 2.24) is 14.7 Å². The monoisotopic (exact) mass is 445 g/mol. The van der Waals surface area contributed by atoms with Gasteiger partial charge in [-0.2, -0.15) is 0 Å². The summed E-state index contributed by atoms with van der Waals surface area (Å²) >= 11 is 0. The lowest BCUT2D eigenvalue weighted by Gasteiger charge is -2.46. The molecule has 0 unspecified atom stereocenters. The standard InChI is InChI=1S/C25H39N3O4/c1-19-15-27(24(30)32-25(3,4)5)16-20(2)28(19)17-21-11-13-26(14-12-21)23(29)31-18-22-9-7-6-8-10-22/h6-10,19-21H,11-18H2,1-5H3/t19-,20+. The fourth-order valence-corrected chi connectivity index (χ4v) is 4.60. The zero-order valence-corrected chi connectivity index (χ0v) is 20.3. The number of carbonyl (C=O) groups is 2. The van der Waals surface area contributed by atoms with E-state index in [-0.39, 0.29) is 24.3 Å². The summed E-state index contributed by atoms with van der Waals surface area (Å²) < 4.78 is 11.0. The summed E-state index contributed by atoms with van der Waals surface area (Å²) in [7, 11) is 0. The Morgan fingerprint density at radius 1 is 0.938 bits per heavy atom. The van der Waals surface area contributed by atoms with Crippen molar-refractivity contribution in [3.8, 4) is 0 Å². The maximum atomic E-state index is 12.5. The lowest BCUT2D eigenvalue weighted by Crippen LogP contribution is -2.59. The number of piperidine rings is 1. The molecule has 2 aliphatic heterocycles. The highest BCUT2D eigenvalue weighted by Gasteiger charge is 2.35. The van der Waals surface area contributed by atoms with Gasteiger partial charge in [0.15, 0.2) is 0 Å². The summed E-state index contributed by atoms with van der Waals surface area (Å²) in [5.41, 5.74) is 0.529. The molecule has 2 aliphatic rings. The Hall–Kier alpha value is -2.28. The lowest BCUT2D eigenvalue weighted by molar-refractivity contribution is -0.0139. The van der Waals surface area contributed by atoms with E-state index in [4.69, 9.17) is 9.47 Å². The van der Waals surface area contributed by atoms with Gasteiger partial charge in [0.2, 0.25) is 0 Å². The van der Waals surface area contributed by atoms with Crippen LogP contribution in [0.2, 0.25) is 0 Å². The molecule has 7 nitrogen and oxygen atoms in total. The first kappa shape index (κ1) is 24.4. The number of piperazine rings is 1. The second-order valence-corrected chi connectivity index (χ2v) is 10.3. The Labute approximate surface area is 192 Å². The van der Waals surface area contributed by atoms with Crippen molar-refractivity contribution in [3.05, 3.63) is 35.9 Å². The third-order valence-corrected chi connectivity index (χ3v) is 6.30. The lowest BCUT2D eigenvalue weighted by atomic mass is 9.94. The molecule has 0 aromatic heterocycles. The highest BCUT2D eigenvalue weighted by Crippen LogP contribution is 2.25. The number of benzene rings is 1. The quantitative estimate of drug-likeness (QED) is 0.689. The smallest absolute Gasteiger partial charge is 0.410 e. The van der Waals surface area contributed by atoms with Crippen molar-refractivity contribution in [2.75, 3.05) is 32.7 Å². The van der Waals surface area contributed by atoms with Crippen LogP contribution in [0.5, 0.6) is 0 Å². The van der Waals surface area contributed by atoms with E-state index >= 15 is 0 Å². The van der Waals surface area contributed by atoms with E-state index in [1.807, 2.05) is 60.9 Å². The Morgan fingerprint density at radius 2 is 1.53 bits per heavy atom. The molecule has 178 valence electrons. The Kier molecular flexibility index (Phi) is 8.04. The van der Waals surface area contributed by atoms with E-state index < -0.39 is 5.60 Å². The molecule has 2 heterocycles. The van der Waals surface area contributed by atoms with Gasteiger partial charge in [-0.3, -0.25) is 4.90 Å². The van der Waals surface area contributed by atoms with Gasteiger partial charge in [-0.15, -0.1) is 0 Å². The van der Waals surface area contributed by atoms with Crippen LogP contribution in [0, 0.1) is 5.92 Å². The van der Waals surface area contributed by atoms with Gasteiger partial charge in [0.05, 0.1) is 0 Å². The van der Waals surface area contributed by atoms with E-state index in [0.29, 0.717) is 25.6 Å². The zero-order valence-electron chi connectivity index (χ0n) is 20.3.